The third-order valence-corrected chi connectivity index (χ3v) is 11.0. The van der Waals surface area contributed by atoms with Crippen molar-refractivity contribution < 1.29 is 4.42 Å². The largest absolute Gasteiger partial charge is 0.402 e. The molecule has 0 atom stereocenters. The zero-order valence-electron chi connectivity index (χ0n) is 32.3. The number of nitrogens with zero attached hydrogens (tertiary/aromatic N) is 4. The van der Waals surface area contributed by atoms with Crippen LogP contribution < -0.4 is 0 Å². The molecule has 0 saturated carbocycles. The van der Waals surface area contributed by atoms with Gasteiger partial charge >= 0.3 is 5.84 Å². The van der Waals surface area contributed by atoms with Crippen LogP contribution in [-0.2, 0) is 10.2 Å². The standard InChI is InChI=1S/C49H28B6N4O/c50-48(51,52)37-22-21-33(27-36(37)43-38(49(53,54)55)23-24-39-44(43)58-47-59(39)45-46(60-47)57-26-25-56-45)42-40(31-17-9-3-10-18-31)34(29-13-5-1-6-14-29)28-35(30-15-7-2-8-16-30)41(42)32-19-11-4-12-20-32/h1-28H. The minimum atomic E-state index is -1.83. The van der Waals surface area contributed by atoms with E-state index >= 15 is 0 Å². The first-order valence-electron chi connectivity index (χ1n) is 19.4. The molecule has 0 spiro atoms. The normalized spacial score (nSPS) is 12.1. The molecule has 3 aromatic heterocycles. The van der Waals surface area contributed by atoms with Crippen molar-refractivity contribution in [2.45, 2.75) is 10.2 Å². The van der Waals surface area contributed by atoms with Gasteiger partial charge in [-0.3, -0.25) is 0 Å². The van der Waals surface area contributed by atoms with Crippen molar-refractivity contribution in [3.05, 3.63) is 181 Å². The fraction of sp³-hybridized carbons (Fsp3) is 0.0408. The molecular weight excluding hydrogens is 725 g/mol. The SMILES string of the molecule is [B]C([B])([B])c1ccc(-c2c(-c3ccccc3)c(-c3ccccc3)cc(-c3ccccc3)c2-c2ccccc2)cc1-c1c(C([B])([B])[B])ccc2c1nc1oc3nccnc3n12. The molecule has 5 nitrogen and oxygen atoms in total. The van der Waals surface area contributed by atoms with Crippen molar-refractivity contribution in [3.63, 3.8) is 0 Å². The lowest BCUT2D eigenvalue weighted by Crippen LogP contribution is -2.30. The molecule has 0 saturated heterocycles. The van der Waals surface area contributed by atoms with Crippen molar-refractivity contribution in [2.75, 3.05) is 0 Å². The van der Waals surface area contributed by atoms with Crippen LogP contribution in [0, 0.1) is 0 Å². The highest BCUT2D eigenvalue weighted by Crippen LogP contribution is 2.52. The van der Waals surface area contributed by atoms with Gasteiger partial charge < -0.3 is 4.42 Å². The topological polar surface area (TPSA) is 56.2 Å². The van der Waals surface area contributed by atoms with Gasteiger partial charge in [-0.15, -0.1) is 10.2 Å². The molecule has 3 heterocycles. The molecule has 12 radical (unpaired) electrons. The van der Waals surface area contributed by atoms with Crippen LogP contribution in [0.2, 0.25) is 0 Å². The van der Waals surface area contributed by atoms with Crippen molar-refractivity contribution >= 4 is 75.3 Å². The molecule has 0 aliphatic rings. The molecule has 0 fully saturated rings. The van der Waals surface area contributed by atoms with E-state index in [9.17, 15) is 0 Å². The van der Waals surface area contributed by atoms with Gasteiger partial charge in [0.25, 0.3) is 5.71 Å². The van der Waals surface area contributed by atoms with E-state index in [2.05, 4.69) is 113 Å². The van der Waals surface area contributed by atoms with E-state index in [1.165, 1.54) is 0 Å². The smallest absolute Gasteiger partial charge is 0.310 e. The maximum atomic E-state index is 6.66. The molecule has 7 aromatic carbocycles. The molecule has 0 amide bonds. The van der Waals surface area contributed by atoms with Crippen LogP contribution in [0.5, 0.6) is 0 Å². The Morgan fingerprint density at radius 2 is 0.933 bits per heavy atom. The van der Waals surface area contributed by atoms with Crippen LogP contribution in [0.4, 0.5) is 0 Å². The van der Waals surface area contributed by atoms with Crippen LogP contribution in [0.15, 0.2) is 175 Å². The average molecular weight is 754 g/mol. The van der Waals surface area contributed by atoms with Crippen molar-refractivity contribution in [2.24, 2.45) is 0 Å². The lowest BCUT2D eigenvalue weighted by atomic mass is 9.38. The quantitative estimate of drug-likeness (QED) is 0.145. The van der Waals surface area contributed by atoms with E-state index in [4.69, 9.17) is 56.5 Å². The van der Waals surface area contributed by atoms with E-state index in [0.29, 0.717) is 44.6 Å². The van der Waals surface area contributed by atoms with E-state index in [0.717, 1.165) is 55.6 Å². The summed E-state index contributed by atoms with van der Waals surface area (Å²) in [5.41, 5.74) is 13.8. The molecule has 10 rings (SSSR count). The summed E-state index contributed by atoms with van der Waals surface area (Å²) in [6.07, 6.45) is 3.16. The highest BCUT2D eigenvalue weighted by molar-refractivity contribution is 6.60. The second-order valence-electron chi connectivity index (χ2n) is 15.1. The first-order valence-corrected chi connectivity index (χ1v) is 19.4. The first kappa shape index (κ1) is 37.5. The molecule has 0 aliphatic carbocycles. The third kappa shape index (κ3) is 6.40. The lowest BCUT2D eigenvalue weighted by molar-refractivity contribution is 0.630. The number of fused-ring (bicyclic) bond motifs is 5. The molecule has 0 N–H and O–H groups in total. The summed E-state index contributed by atoms with van der Waals surface area (Å²) in [4.78, 5) is 13.9. The van der Waals surface area contributed by atoms with E-state index in [1.807, 2.05) is 48.5 Å². The fourth-order valence-corrected chi connectivity index (χ4v) is 8.41. The summed E-state index contributed by atoms with van der Waals surface area (Å²) in [5.74, 6) is 0.263. The zero-order chi connectivity index (χ0) is 41.2. The minimum Gasteiger partial charge on any atom is -0.402 e. The summed E-state index contributed by atoms with van der Waals surface area (Å²) in [6, 6.07) is 53.5. The molecule has 0 aliphatic heterocycles. The number of aromatic nitrogens is 4. The maximum Gasteiger partial charge on any atom is 0.310 e. The van der Waals surface area contributed by atoms with Crippen LogP contribution >= 0.6 is 0 Å². The number of oxazole rings is 1. The molecule has 0 bridgehead atoms. The number of imidazole rings is 1. The summed E-state index contributed by atoms with van der Waals surface area (Å²) >= 11 is 0. The Labute approximate surface area is 355 Å². The monoisotopic (exact) mass is 754 g/mol. The molecule has 10 aromatic rings. The summed E-state index contributed by atoms with van der Waals surface area (Å²) in [6.45, 7) is 0. The third-order valence-electron chi connectivity index (χ3n) is 11.0. The van der Waals surface area contributed by atoms with Crippen LogP contribution in [0.1, 0.15) is 11.1 Å². The summed E-state index contributed by atoms with van der Waals surface area (Å²) in [7, 11) is 39.8. The summed E-state index contributed by atoms with van der Waals surface area (Å²) < 4.78 is 7.88. The van der Waals surface area contributed by atoms with Crippen molar-refractivity contribution in [3.8, 4) is 66.8 Å². The van der Waals surface area contributed by atoms with E-state index < -0.39 is 10.2 Å². The highest BCUT2D eigenvalue weighted by Gasteiger charge is 2.30. The van der Waals surface area contributed by atoms with Crippen LogP contribution in [0.3, 0.4) is 0 Å². The van der Waals surface area contributed by atoms with Gasteiger partial charge in [0.15, 0.2) is 0 Å². The van der Waals surface area contributed by atoms with Gasteiger partial charge in [0.05, 0.1) is 52.6 Å². The molecule has 0 unspecified atom stereocenters. The Kier molecular flexibility index (Phi) is 9.09. The highest BCUT2D eigenvalue weighted by atomic mass is 16.4. The first-order chi connectivity index (χ1) is 29.1. The fourth-order valence-electron chi connectivity index (χ4n) is 8.41. The van der Waals surface area contributed by atoms with Crippen LogP contribution in [-0.4, -0.2) is 66.4 Å². The van der Waals surface area contributed by atoms with Gasteiger partial charge in [-0.1, -0.05) is 151 Å². The molecular formula is C49H28B6N4O. The van der Waals surface area contributed by atoms with Crippen molar-refractivity contribution in [1.82, 2.24) is 19.4 Å². The molecule has 268 valence electrons. The van der Waals surface area contributed by atoms with E-state index in [-0.39, 0.29) is 5.84 Å². The Morgan fingerprint density at radius 1 is 0.433 bits per heavy atom. The predicted octanol–water partition coefficient (Wildman–Crippen LogP) is 9.26. The Morgan fingerprint density at radius 3 is 1.47 bits per heavy atom. The number of hydrogen-bond acceptors (Lipinski definition) is 4. The van der Waals surface area contributed by atoms with Gasteiger partial charge in [0, 0.05) is 18.0 Å². The zero-order valence-corrected chi connectivity index (χ0v) is 32.3. The van der Waals surface area contributed by atoms with Gasteiger partial charge in [-0.2, -0.15) is 4.98 Å². The maximum absolute atomic E-state index is 6.66. The second-order valence-corrected chi connectivity index (χ2v) is 15.1. The van der Waals surface area contributed by atoms with Gasteiger partial charge in [-0.25, -0.2) is 14.4 Å². The Bertz CT molecular complexity index is 3110. The summed E-state index contributed by atoms with van der Waals surface area (Å²) in [5, 5.41) is -3.65. The Balaban J connectivity index is 1.39. The minimum absolute atomic E-state index is 0.263. The van der Waals surface area contributed by atoms with Gasteiger partial charge in [0.1, 0.15) is 5.52 Å². The number of benzene rings is 7. The second kappa shape index (κ2) is 14.5. The number of rotatable bonds is 8. The molecule has 11 heteroatoms. The number of hydrogen-bond donors (Lipinski definition) is 0. The predicted molar refractivity (Wildman–Crippen MR) is 249 cm³/mol. The average Bonchev–Trinajstić information content (AvgIpc) is 3.82. The van der Waals surface area contributed by atoms with Gasteiger partial charge in [-0.05, 0) is 79.4 Å². The van der Waals surface area contributed by atoms with Crippen LogP contribution in [0.25, 0.3) is 95.0 Å². The lowest BCUT2D eigenvalue weighted by Gasteiger charge is -2.31. The van der Waals surface area contributed by atoms with Gasteiger partial charge in [0.2, 0.25) is 5.65 Å². The van der Waals surface area contributed by atoms with E-state index in [1.54, 1.807) is 22.9 Å². The van der Waals surface area contributed by atoms with Crippen molar-refractivity contribution in [1.29, 1.82) is 0 Å². The molecule has 60 heavy (non-hydrogen) atoms. The Hall–Kier alpha value is -6.72.